The fourth-order valence-electron chi connectivity index (χ4n) is 1.86. The average Bonchev–Trinajstić information content (AvgIpc) is 2.43. The molecule has 3 unspecified atom stereocenters. The van der Waals surface area contributed by atoms with Gasteiger partial charge < -0.3 is 5.11 Å². The Morgan fingerprint density at radius 2 is 1.94 bits per heavy atom. The van der Waals surface area contributed by atoms with E-state index in [1.165, 1.54) is 12.1 Å². The summed E-state index contributed by atoms with van der Waals surface area (Å²) in [5.41, 5.74) is -0.434. The minimum atomic E-state index is -4.10. The monoisotopic (exact) mass is 249 g/mol. The molecule has 0 saturated heterocycles. The fourth-order valence-corrected chi connectivity index (χ4v) is 2.67. The van der Waals surface area contributed by atoms with Crippen molar-refractivity contribution in [2.24, 2.45) is 5.14 Å². The smallest absolute Gasteiger partial charge is 0.238 e. The number of rotatable bonds is 1. The summed E-state index contributed by atoms with van der Waals surface area (Å²) in [4.78, 5) is -0.430. The highest BCUT2D eigenvalue weighted by Crippen LogP contribution is 2.45. The van der Waals surface area contributed by atoms with Crippen molar-refractivity contribution in [1.29, 1.82) is 0 Å². The van der Waals surface area contributed by atoms with Crippen LogP contribution >= 0.6 is 0 Å². The first-order valence-electron chi connectivity index (χ1n) is 4.46. The molecule has 0 amide bonds. The van der Waals surface area contributed by atoms with Gasteiger partial charge in [-0.15, -0.1) is 0 Å². The topological polar surface area (TPSA) is 80.4 Å². The van der Waals surface area contributed by atoms with Crippen LogP contribution in [0.5, 0.6) is 0 Å². The number of alkyl halides is 2. The van der Waals surface area contributed by atoms with Gasteiger partial charge in [-0.2, -0.15) is 0 Å². The summed E-state index contributed by atoms with van der Waals surface area (Å²) in [6, 6.07) is 3.61. The minimum Gasteiger partial charge on any atom is -0.385 e. The Kier molecular flexibility index (Phi) is 2.48. The number of aliphatic hydroxyl groups is 1. The number of halogens is 2. The molecule has 0 spiro atoms. The number of benzene rings is 1. The Morgan fingerprint density at radius 1 is 1.31 bits per heavy atom. The third kappa shape index (κ3) is 1.51. The Morgan fingerprint density at radius 3 is 2.50 bits per heavy atom. The van der Waals surface area contributed by atoms with Crippen LogP contribution in [0.1, 0.15) is 23.4 Å². The zero-order valence-electron chi connectivity index (χ0n) is 7.97. The molecular weight excluding hydrogens is 240 g/mol. The second kappa shape index (κ2) is 3.47. The number of aliphatic hydroxyl groups excluding tert-OH is 1. The highest BCUT2D eigenvalue weighted by atomic mass is 32.2. The first kappa shape index (κ1) is 11.4. The van der Waals surface area contributed by atoms with Crippen LogP contribution in [-0.4, -0.2) is 19.7 Å². The SMILES string of the molecule is NS(=O)(=O)c1cccc2c1C(O)C(F)C2F. The lowest BCUT2D eigenvalue weighted by Crippen LogP contribution is -2.16. The maximum Gasteiger partial charge on any atom is 0.238 e. The molecule has 0 saturated carbocycles. The predicted molar refractivity (Wildman–Crippen MR) is 51.5 cm³/mol. The molecule has 0 radical (unpaired) electrons. The highest BCUT2D eigenvalue weighted by Gasteiger charge is 2.43. The number of hydrogen-bond donors (Lipinski definition) is 2. The number of primary sulfonamides is 1. The first-order valence-corrected chi connectivity index (χ1v) is 6.00. The molecule has 7 heteroatoms. The fraction of sp³-hybridized carbons (Fsp3) is 0.333. The van der Waals surface area contributed by atoms with Crippen molar-refractivity contribution in [3.63, 3.8) is 0 Å². The molecule has 0 fully saturated rings. The van der Waals surface area contributed by atoms with Crippen LogP contribution in [0, 0.1) is 0 Å². The van der Waals surface area contributed by atoms with Gasteiger partial charge in [0, 0.05) is 5.56 Å². The molecule has 0 heterocycles. The Labute approximate surface area is 90.7 Å². The molecule has 0 aliphatic heterocycles. The van der Waals surface area contributed by atoms with E-state index in [0.29, 0.717) is 0 Å². The van der Waals surface area contributed by atoms with E-state index >= 15 is 0 Å². The van der Waals surface area contributed by atoms with Gasteiger partial charge in [-0.25, -0.2) is 22.3 Å². The van der Waals surface area contributed by atoms with Crippen LogP contribution in [0.4, 0.5) is 8.78 Å². The summed E-state index contributed by atoms with van der Waals surface area (Å²) in [6.45, 7) is 0. The highest BCUT2D eigenvalue weighted by molar-refractivity contribution is 7.89. The molecule has 1 aromatic rings. The largest absolute Gasteiger partial charge is 0.385 e. The number of sulfonamides is 1. The zero-order chi connectivity index (χ0) is 12.1. The predicted octanol–water partition coefficient (Wildman–Crippen LogP) is 0.730. The van der Waals surface area contributed by atoms with Crippen molar-refractivity contribution in [3.05, 3.63) is 29.3 Å². The van der Waals surface area contributed by atoms with Gasteiger partial charge in [0.2, 0.25) is 10.0 Å². The van der Waals surface area contributed by atoms with Crippen LogP contribution in [-0.2, 0) is 10.0 Å². The molecule has 1 aromatic carbocycles. The molecule has 3 atom stereocenters. The van der Waals surface area contributed by atoms with E-state index in [2.05, 4.69) is 0 Å². The van der Waals surface area contributed by atoms with E-state index in [0.717, 1.165) is 6.07 Å². The second-order valence-electron chi connectivity index (χ2n) is 3.60. The molecule has 0 aromatic heterocycles. The van der Waals surface area contributed by atoms with Gasteiger partial charge in [0.1, 0.15) is 6.10 Å². The van der Waals surface area contributed by atoms with Crippen molar-refractivity contribution in [2.45, 2.75) is 23.3 Å². The molecular formula is C9H9F2NO3S. The van der Waals surface area contributed by atoms with E-state index in [1.54, 1.807) is 0 Å². The molecule has 3 N–H and O–H groups in total. The molecule has 1 aliphatic rings. The molecule has 16 heavy (non-hydrogen) atoms. The van der Waals surface area contributed by atoms with Crippen molar-refractivity contribution in [3.8, 4) is 0 Å². The van der Waals surface area contributed by atoms with Crippen LogP contribution in [0.25, 0.3) is 0 Å². The summed E-state index contributed by atoms with van der Waals surface area (Å²) in [6.07, 6.45) is -5.97. The van der Waals surface area contributed by atoms with Gasteiger partial charge in [-0.3, -0.25) is 0 Å². The lowest BCUT2D eigenvalue weighted by atomic mass is 10.1. The standard InChI is InChI=1S/C9H9F2NO3S/c10-7-4-2-1-3-5(16(12,14)15)6(4)9(13)8(7)11/h1-3,7-9,13H,(H2,12,14,15). The van der Waals surface area contributed by atoms with Gasteiger partial charge in [-0.05, 0) is 11.6 Å². The lowest BCUT2D eigenvalue weighted by Gasteiger charge is -2.09. The average molecular weight is 249 g/mol. The van der Waals surface area contributed by atoms with Crippen LogP contribution in [0.3, 0.4) is 0 Å². The van der Waals surface area contributed by atoms with Crippen LogP contribution in [0.15, 0.2) is 23.1 Å². The van der Waals surface area contributed by atoms with Crippen LogP contribution in [0.2, 0.25) is 0 Å². The van der Waals surface area contributed by atoms with Gasteiger partial charge in [0.25, 0.3) is 0 Å². The van der Waals surface area contributed by atoms with E-state index in [9.17, 15) is 22.3 Å². The summed E-state index contributed by atoms with van der Waals surface area (Å²) >= 11 is 0. The van der Waals surface area contributed by atoms with Gasteiger partial charge in [0.05, 0.1) is 4.90 Å². The van der Waals surface area contributed by atoms with Crippen molar-refractivity contribution >= 4 is 10.0 Å². The zero-order valence-corrected chi connectivity index (χ0v) is 8.79. The molecule has 4 nitrogen and oxygen atoms in total. The van der Waals surface area contributed by atoms with E-state index in [4.69, 9.17) is 5.14 Å². The number of nitrogens with two attached hydrogens (primary N) is 1. The lowest BCUT2D eigenvalue weighted by molar-refractivity contribution is 0.0457. The number of hydrogen-bond acceptors (Lipinski definition) is 3. The molecule has 1 aliphatic carbocycles. The maximum atomic E-state index is 13.4. The summed E-state index contributed by atoms with van der Waals surface area (Å²) in [5.74, 6) is 0. The summed E-state index contributed by atoms with van der Waals surface area (Å²) in [5, 5.41) is 14.3. The Hall–Kier alpha value is -1.05. The first-order chi connectivity index (χ1) is 7.34. The van der Waals surface area contributed by atoms with Gasteiger partial charge in [0.15, 0.2) is 12.3 Å². The third-order valence-electron chi connectivity index (χ3n) is 2.58. The van der Waals surface area contributed by atoms with Gasteiger partial charge >= 0.3 is 0 Å². The normalized spacial score (nSPS) is 29.1. The van der Waals surface area contributed by atoms with Crippen molar-refractivity contribution < 1.29 is 22.3 Å². The maximum absolute atomic E-state index is 13.4. The van der Waals surface area contributed by atoms with Gasteiger partial charge in [-0.1, -0.05) is 12.1 Å². The number of fused-ring (bicyclic) bond motifs is 1. The summed E-state index contributed by atoms with van der Waals surface area (Å²) in [7, 11) is -4.10. The Bertz CT molecular complexity index is 532. The Balaban J connectivity index is 2.72. The molecule has 2 rings (SSSR count). The van der Waals surface area contributed by atoms with E-state index in [1.807, 2.05) is 0 Å². The van der Waals surface area contributed by atoms with Crippen molar-refractivity contribution in [1.82, 2.24) is 0 Å². The second-order valence-corrected chi connectivity index (χ2v) is 5.12. The quantitative estimate of drug-likeness (QED) is 0.770. The molecule has 0 bridgehead atoms. The van der Waals surface area contributed by atoms with Crippen LogP contribution < -0.4 is 5.14 Å². The third-order valence-corrected chi connectivity index (χ3v) is 3.55. The van der Waals surface area contributed by atoms with Crippen molar-refractivity contribution in [2.75, 3.05) is 0 Å². The molecule has 88 valence electrons. The summed E-state index contributed by atoms with van der Waals surface area (Å²) < 4.78 is 48.9. The van der Waals surface area contributed by atoms with E-state index in [-0.39, 0.29) is 11.1 Å². The minimum absolute atomic E-state index is 0.161. The van der Waals surface area contributed by atoms with E-state index < -0.39 is 33.4 Å².